The minimum Gasteiger partial charge on any atom is -0.490 e. The maximum absolute atomic E-state index is 8.64. The van der Waals surface area contributed by atoms with Crippen LogP contribution in [0.2, 0.25) is 0 Å². The molecule has 0 aliphatic heterocycles. The summed E-state index contributed by atoms with van der Waals surface area (Å²) in [5, 5.41) is 12.9. The summed E-state index contributed by atoms with van der Waals surface area (Å²) in [6.07, 6.45) is 1.69. The Morgan fingerprint density at radius 1 is 1.22 bits per heavy atom. The van der Waals surface area contributed by atoms with Gasteiger partial charge < -0.3 is 9.47 Å². The number of hydrazone groups is 1. The van der Waals surface area contributed by atoms with E-state index in [1.165, 1.54) is 0 Å². The molecule has 0 aromatic heterocycles. The first-order chi connectivity index (χ1) is 11.2. The van der Waals surface area contributed by atoms with Crippen LogP contribution in [0.15, 0.2) is 52.0 Å². The van der Waals surface area contributed by atoms with E-state index in [1.807, 2.05) is 49.4 Å². The van der Waals surface area contributed by atoms with Crippen molar-refractivity contribution in [3.8, 4) is 17.6 Å². The van der Waals surface area contributed by atoms with Gasteiger partial charge in [0.05, 0.1) is 18.5 Å². The van der Waals surface area contributed by atoms with Crippen molar-refractivity contribution < 1.29 is 9.47 Å². The number of ether oxygens (including phenoxy) is 2. The van der Waals surface area contributed by atoms with Gasteiger partial charge in [-0.25, -0.2) is 0 Å². The normalized spacial score (nSPS) is 10.3. The first-order valence-electron chi connectivity index (χ1n) is 7.04. The van der Waals surface area contributed by atoms with Gasteiger partial charge in [-0.3, -0.25) is 5.43 Å². The van der Waals surface area contributed by atoms with E-state index in [0.717, 1.165) is 15.7 Å². The lowest BCUT2D eigenvalue weighted by molar-refractivity contribution is 0.298. The summed E-state index contributed by atoms with van der Waals surface area (Å²) >= 11 is 3.47. The fourth-order valence-corrected chi connectivity index (χ4v) is 2.25. The molecule has 118 valence electrons. The van der Waals surface area contributed by atoms with Crippen molar-refractivity contribution in [2.75, 3.05) is 18.6 Å². The molecule has 0 aliphatic rings. The number of anilines is 1. The molecule has 23 heavy (non-hydrogen) atoms. The number of rotatable bonds is 7. The molecule has 1 N–H and O–H groups in total. The highest BCUT2D eigenvalue weighted by molar-refractivity contribution is 9.10. The zero-order valence-electron chi connectivity index (χ0n) is 12.6. The van der Waals surface area contributed by atoms with Crippen molar-refractivity contribution >= 4 is 27.8 Å². The lowest BCUT2D eigenvalue weighted by Crippen LogP contribution is -2.01. The zero-order valence-corrected chi connectivity index (χ0v) is 14.2. The number of para-hydroxylation sites is 1. The third-order valence-electron chi connectivity index (χ3n) is 2.83. The van der Waals surface area contributed by atoms with E-state index >= 15 is 0 Å². The average molecular weight is 374 g/mol. The number of nitriles is 1. The Hall–Kier alpha value is -2.52. The molecule has 0 atom stereocenters. The molecule has 2 aromatic carbocycles. The van der Waals surface area contributed by atoms with E-state index < -0.39 is 0 Å². The maximum atomic E-state index is 8.64. The molecule has 5 nitrogen and oxygen atoms in total. The van der Waals surface area contributed by atoms with Crippen LogP contribution in [-0.4, -0.2) is 19.4 Å². The monoisotopic (exact) mass is 373 g/mol. The van der Waals surface area contributed by atoms with Crippen LogP contribution in [0.4, 0.5) is 5.69 Å². The first kappa shape index (κ1) is 16.8. The Morgan fingerprint density at radius 2 is 1.96 bits per heavy atom. The lowest BCUT2D eigenvalue weighted by atomic mass is 10.2. The molecule has 0 amide bonds. The summed E-state index contributed by atoms with van der Waals surface area (Å²) in [4.78, 5) is 0. The van der Waals surface area contributed by atoms with E-state index in [4.69, 9.17) is 14.7 Å². The van der Waals surface area contributed by atoms with Gasteiger partial charge in [-0.2, -0.15) is 10.4 Å². The van der Waals surface area contributed by atoms with Gasteiger partial charge >= 0.3 is 0 Å². The second kappa shape index (κ2) is 8.81. The highest BCUT2D eigenvalue weighted by atomic mass is 79.9. The fourth-order valence-electron chi connectivity index (χ4n) is 1.83. The van der Waals surface area contributed by atoms with Crippen LogP contribution >= 0.6 is 15.9 Å². The van der Waals surface area contributed by atoms with Gasteiger partial charge in [0.1, 0.15) is 6.07 Å². The number of nitrogens with zero attached hydrogens (tertiary/aromatic N) is 2. The molecule has 0 spiro atoms. The van der Waals surface area contributed by atoms with E-state index in [1.54, 1.807) is 12.3 Å². The quantitative estimate of drug-likeness (QED) is 0.583. The highest BCUT2D eigenvalue weighted by Crippen LogP contribution is 2.33. The van der Waals surface area contributed by atoms with Crippen molar-refractivity contribution in [3.05, 3.63) is 52.5 Å². The van der Waals surface area contributed by atoms with Gasteiger partial charge in [0, 0.05) is 10.0 Å². The summed E-state index contributed by atoms with van der Waals surface area (Å²) in [5.74, 6) is 1.10. The molecule has 0 aliphatic carbocycles. The van der Waals surface area contributed by atoms with Crippen molar-refractivity contribution in [2.24, 2.45) is 5.10 Å². The predicted octanol–water partition coefficient (Wildman–Crippen LogP) is 4.20. The maximum Gasteiger partial charge on any atom is 0.174 e. The van der Waals surface area contributed by atoms with Crippen LogP contribution in [0.5, 0.6) is 11.5 Å². The molecule has 0 radical (unpaired) electrons. The van der Waals surface area contributed by atoms with Gasteiger partial charge in [0.15, 0.2) is 18.1 Å². The third kappa shape index (κ3) is 5.01. The molecule has 0 heterocycles. The van der Waals surface area contributed by atoms with E-state index in [-0.39, 0.29) is 6.61 Å². The third-order valence-corrected chi connectivity index (χ3v) is 3.51. The summed E-state index contributed by atoms with van der Waals surface area (Å²) in [5.41, 5.74) is 4.69. The Morgan fingerprint density at radius 3 is 2.65 bits per heavy atom. The number of halogens is 1. The summed E-state index contributed by atoms with van der Waals surface area (Å²) in [7, 11) is 0. The van der Waals surface area contributed by atoms with Gasteiger partial charge in [-0.1, -0.05) is 18.2 Å². The molecule has 2 rings (SSSR count). The number of hydrogen-bond donors (Lipinski definition) is 1. The summed E-state index contributed by atoms with van der Waals surface area (Å²) < 4.78 is 11.7. The van der Waals surface area contributed by atoms with Gasteiger partial charge in [-0.05, 0) is 47.1 Å². The first-order valence-corrected chi connectivity index (χ1v) is 7.84. The molecule has 0 unspecified atom stereocenters. The number of hydrogen-bond acceptors (Lipinski definition) is 5. The molecule has 0 fully saturated rings. The zero-order chi connectivity index (χ0) is 16.5. The van der Waals surface area contributed by atoms with E-state index in [0.29, 0.717) is 18.1 Å². The standard InChI is InChI=1S/C17H16BrN3O2/c1-2-22-16-10-13(15(18)11-17(16)23-9-8-19)12-20-21-14-6-4-3-5-7-14/h3-7,10-12,21H,2,9H2,1H3. The van der Waals surface area contributed by atoms with Crippen LogP contribution in [0.25, 0.3) is 0 Å². The van der Waals surface area contributed by atoms with Crippen molar-refractivity contribution in [1.29, 1.82) is 5.26 Å². The second-order valence-electron chi connectivity index (χ2n) is 4.44. The van der Waals surface area contributed by atoms with Crippen molar-refractivity contribution in [1.82, 2.24) is 0 Å². The number of benzene rings is 2. The minimum absolute atomic E-state index is 0.0322. The molecular formula is C17H16BrN3O2. The molecule has 2 aromatic rings. The smallest absolute Gasteiger partial charge is 0.174 e. The molecule has 0 saturated carbocycles. The van der Waals surface area contributed by atoms with Crippen molar-refractivity contribution in [2.45, 2.75) is 6.92 Å². The Labute approximate surface area is 143 Å². The van der Waals surface area contributed by atoms with Crippen LogP contribution in [0, 0.1) is 11.3 Å². The fraction of sp³-hybridized carbons (Fsp3) is 0.176. The molecule has 0 saturated heterocycles. The summed E-state index contributed by atoms with van der Waals surface area (Å²) in [6, 6.07) is 15.2. The SMILES string of the molecule is CCOc1cc(C=NNc2ccccc2)c(Br)cc1OCC#N. The minimum atomic E-state index is -0.0322. The molecular weight excluding hydrogens is 358 g/mol. The Bertz CT molecular complexity index is 712. The topological polar surface area (TPSA) is 66.6 Å². The summed E-state index contributed by atoms with van der Waals surface area (Å²) in [6.45, 7) is 2.36. The van der Waals surface area contributed by atoms with E-state index in [2.05, 4.69) is 26.5 Å². The molecule has 6 heteroatoms. The van der Waals surface area contributed by atoms with Crippen LogP contribution in [0.3, 0.4) is 0 Å². The van der Waals surface area contributed by atoms with Crippen LogP contribution in [-0.2, 0) is 0 Å². The highest BCUT2D eigenvalue weighted by Gasteiger charge is 2.10. The van der Waals surface area contributed by atoms with Gasteiger partial charge in [0.2, 0.25) is 0 Å². The van der Waals surface area contributed by atoms with Crippen LogP contribution < -0.4 is 14.9 Å². The van der Waals surface area contributed by atoms with Gasteiger partial charge in [-0.15, -0.1) is 0 Å². The second-order valence-corrected chi connectivity index (χ2v) is 5.29. The largest absolute Gasteiger partial charge is 0.490 e. The van der Waals surface area contributed by atoms with Gasteiger partial charge in [0.25, 0.3) is 0 Å². The average Bonchev–Trinajstić information content (AvgIpc) is 2.57. The predicted molar refractivity (Wildman–Crippen MR) is 94.1 cm³/mol. The lowest BCUT2D eigenvalue weighted by Gasteiger charge is -2.12. The number of nitrogens with one attached hydrogen (secondary N) is 1. The van der Waals surface area contributed by atoms with Crippen LogP contribution in [0.1, 0.15) is 12.5 Å². The Kier molecular flexibility index (Phi) is 6.45. The van der Waals surface area contributed by atoms with E-state index in [9.17, 15) is 0 Å². The van der Waals surface area contributed by atoms with Crippen molar-refractivity contribution in [3.63, 3.8) is 0 Å². The Balaban J connectivity index is 2.17. The molecule has 0 bridgehead atoms.